The van der Waals surface area contributed by atoms with E-state index in [1.807, 2.05) is 30.3 Å². The summed E-state index contributed by atoms with van der Waals surface area (Å²) < 4.78 is 0. The molecule has 0 amide bonds. The number of carboxylic acids is 1. The Hall–Kier alpha value is -1.35. The molecule has 0 aromatic heterocycles. The summed E-state index contributed by atoms with van der Waals surface area (Å²) in [6, 6.07) is 9.58. The molecular weight excluding hydrogens is 202 g/mol. The second kappa shape index (κ2) is 5.12. The molecule has 2 atom stereocenters. The van der Waals surface area contributed by atoms with Crippen molar-refractivity contribution in [1.29, 1.82) is 0 Å². The van der Waals surface area contributed by atoms with Crippen molar-refractivity contribution in [3.8, 4) is 0 Å². The maximum absolute atomic E-state index is 11.4. The molecule has 1 aromatic rings. The Kier molecular flexibility index (Phi) is 3.57. The molecule has 0 aliphatic carbocycles. The summed E-state index contributed by atoms with van der Waals surface area (Å²) in [7, 11) is 0. The van der Waals surface area contributed by atoms with Gasteiger partial charge in [-0.3, -0.25) is 4.79 Å². The molecule has 0 saturated carbocycles. The van der Waals surface area contributed by atoms with Gasteiger partial charge in [-0.2, -0.15) is 0 Å². The third-order valence-corrected chi connectivity index (χ3v) is 3.18. The van der Waals surface area contributed by atoms with Gasteiger partial charge in [0.05, 0.1) is 5.92 Å². The Balaban J connectivity index is 2.20. The van der Waals surface area contributed by atoms with Gasteiger partial charge in [0, 0.05) is 6.04 Å². The predicted octanol–water partition coefficient (Wildman–Crippen LogP) is 2.00. The Morgan fingerprint density at radius 2 is 2.06 bits per heavy atom. The van der Waals surface area contributed by atoms with Crippen LogP contribution in [0.3, 0.4) is 0 Å². The number of rotatable bonds is 3. The topological polar surface area (TPSA) is 49.3 Å². The van der Waals surface area contributed by atoms with Crippen molar-refractivity contribution in [2.75, 3.05) is 6.54 Å². The Morgan fingerprint density at radius 3 is 2.62 bits per heavy atom. The number of hydrogen-bond acceptors (Lipinski definition) is 2. The van der Waals surface area contributed by atoms with Crippen molar-refractivity contribution in [3.05, 3.63) is 35.9 Å². The molecule has 1 fully saturated rings. The summed E-state index contributed by atoms with van der Waals surface area (Å²) in [5, 5.41) is 12.7. The molecule has 3 heteroatoms. The van der Waals surface area contributed by atoms with Gasteiger partial charge in [0.25, 0.3) is 0 Å². The molecule has 1 aromatic carbocycles. The van der Waals surface area contributed by atoms with Crippen molar-refractivity contribution in [1.82, 2.24) is 5.32 Å². The van der Waals surface area contributed by atoms with Crippen molar-refractivity contribution in [2.24, 2.45) is 0 Å². The minimum absolute atomic E-state index is 0.0775. The lowest BCUT2D eigenvalue weighted by atomic mass is 9.86. The van der Waals surface area contributed by atoms with E-state index in [-0.39, 0.29) is 6.04 Å². The highest BCUT2D eigenvalue weighted by atomic mass is 16.4. The van der Waals surface area contributed by atoms with Crippen molar-refractivity contribution in [3.63, 3.8) is 0 Å². The van der Waals surface area contributed by atoms with Gasteiger partial charge in [-0.05, 0) is 24.9 Å². The van der Waals surface area contributed by atoms with Crippen LogP contribution in [-0.2, 0) is 4.79 Å². The SMILES string of the molecule is O=C(O)[C@H](c1ccccc1)[C@@H]1CCCCN1. The second-order valence-corrected chi connectivity index (χ2v) is 4.28. The van der Waals surface area contributed by atoms with Crippen LogP contribution >= 0.6 is 0 Å². The average molecular weight is 219 g/mol. The zero-order valence-electron chi connectivity index (χ0n) is 9.23. The van der Waals surface area contributed by atoms with E-state index in [9.17, 15) is 9.90 Å². The van der Waals surface area contributed by atoms with Crippen molar-refractivity contribution < 1.29 is 9.90 Å². The molecule has 0 spiro atoms. The van der Waals surface area contributed by atoms with Crippen LogP contribution in [0.25, 0.3) is 0 Å². The Bertz CT molecular complexity index is 344. The van der Waals surface area contributed by atoms with Gasteiger partial charge in [0.1, 0.15) is 0 Å². The highest BCUT2D eigenvalue weighted by molar-refractivity contribution is 5.77. The third kappa shape index (κ3) is 2.42. The molecule has 1 aliphatic rings. The van der Waals surface area contributed by atoms with Crippen LogP contribution in [0.15, 0.2) is 30.3 Å². The molecule has 2 rings (SSSR count). The number of carbonyl (C=O) groups is 1. The van der Waals surface area contributed by atoms with Crippen LogP contribution in [0, 0.1) is 0 Å². The van der Waals surface area contributed by atoms with E-state index >= 15 is 0 Å². The minimum Gasteiger partial charge on any atom is -0.481 e. The quantitative estimate of drug-likeness (QED) is 0.817. The summed E-state index contributed by atoms with van der Waals surface area (Å²) in [4.78, 5) is 11.4. The van der Waals surface area contributed by atoms with Crippen molar-refractivity contribution >= 4 is 5.97 Å². The molecule has 0 unspecified atom stereocenters. The predicted molar refractivity (Wildman–Crippen MR) is 62.5 cm³/mol. The monoisotopic (exact) mass is 219 g/mol. The number of aliphatic carboxylic acids is 1. The summed E-state index contributed by atoms with van der Waals surface area (Å²) >= 11 is 0. The number of nitrogens with one attached hydrogen (secondary N) is 1. The third-order valence-electron chi connectivity index (χ3n) is 3.18. The number of piperidine rings is 1. The fourth-order valence-corrected chi connectivity index (χ4v) is 2.37. The van der Waals surface area contributed by atoms with Gasteiger partial charge in [-0.25, -0.2) is 0 Å². The first-order valence-electron chi connectivity index (χ1n) is 5.80. The molecule has 1 saturated heterocycles. The molecule has 1 heterocycles. The van der Waals surface area contributed by atoms with E-state index < -0.39 is 11.9 Å². The lowest BCUT2D eigenvalue weighted by molar-refractivity contribution is -0.139. The van der Waals surface area contributed by atoms with Crippen LogP contribution in [0.1, 0.15) is 30.7 Å². The van der Waals surface area contributed by atoms with E-state index in [0.717, 1.165) is 31.4 Å². The summed E-state index contributed by atoms with van der Waals surface area (Å²) in [5.41, 5.74) is 0.898. The average Bonchev–Trinajstić information content (AvgIpc) is 2.31. The van der Waals surface area contributed by atoms with Gasteiger partial charge in [0.15, 0.2) is 0 Å². The Labute approximate surface area is 95.5 Å². The molecule has 1 aliphatic heterocycles. The zero-order chi connectivity index (χ0) is 11.4. The fraction of sp³-hybridized carbons (Fsp3) is 0.462. The van der Waals surface area contributed by atoms with Crippen LogP contribution in [-0.4, -0.2) is 23.7 Å². The lowest BCUT2D eigenvalue weighted by Gasteiger charge is -2.29. The number of hydrogen-bond donors (Lipinski definition) is 2. The smallest absolute Gasteiger partial charge is 0.312 e. The van der Waals surface area contributed by atoms with Gasteiger partial charge < -0.3 is 10.4 Å². The molecule has 0 radical (unpaired) electrons. The standard InChI is InChI=1S/C13H17NO2/c15-13(16)12(10-6-2-1-3-7-10)11-8-4-5-9-14-11/h1-3,6-7,11-12,14H,4-5,8-9H2,(H,15,16)/t11-,12+/m0/s1. The number of benzene rings is 1. The van der Waals surface area contributed by atoms with Crippen LogP contribution < -0.4 is 5.32 Å². The Morgan fingerprint density at radius 1 is 1.31 bits per heavy atom. The maximum Gasteiger partial charge on any atom is 0.312 e. The van der Waals surface area contributed by atoms with Gasteiger partial charge in [-0.1, -0.05) is 36.8 Å². The van der Waals surface area contributed by atoms with E-state index in [4.69, 9.17) is 0 Å². The van der Waals surface area contributed by atoms with Crippen LogP contribution in [0.5, 0.6) is 0 Å². The van der Waals surface area contributed by atoms with Gasteiger partial charge in [0.2, 0.25) is 0 Å². The normalized spacial score (nSPS) is 22.6. The van der Waals surface area contributed by atoms with E-state index in [1.165, 1.54) is 0 Å². The molecule has 3 nitrogen and oxygen atoms in total. The summed E-state index contributed by atoms with van der Waals surface area (Å²) in [6.45, 7) is 0.932. The van der Waals surface area contributed by atoms with Crippen LogP contribution in [0.4, 0.5) is 0 Å². The largest absolute Gasteiger partial charge is 0.481 e. The lowest BCUT2D eigenvalue weighted by Crippen LogP contribution is -2.41. The minimum atomic E-state index is -0.731. The van der Waals surface area contributed by atoms with Gasteiger partial charge in [-0.15, -0.1) is 0 Å². The molecule has 86 valence electrons. The highest BCUT2D eigenvalue weighted by Crippen LogP contribution is 2.25. The zero-order valence-corrected chi connectivity index (χ0v) is 9.23. The first kappa shape index (κ1) is 11.1. The highest BCUT2D eigenvalue weighted by Gasteiger charge is 2.30. The molecule has 16 heavy (non-hydrogen) atoms. The van der Waals surface area contributed by atoms with E-state index in [1.54, 1.807) is 0 Å². The van der Waals surface area contributed by atoms with Crippen molar-refractivity contribution in [2.45, 2.75) is 31.2 Å². The van der Waals surface area contributed by atoms with E-state index in [0.29, 0.717) is 0 Å². The first-order chi connectivity index (χ1) is 7.79. The molecule has 0 bridgehead atoms. The fourth-order valence-electron chi connectivity index (χ4n) is 2.37. The van der Waals surface area contributed by atoms with Crippen LogP contribution in [0.2, 0.25) is 0 Å². The number of carboxylic acid groups (broad SMARTS) is 1. The summed E-state index contributed by atoms with van der Waals surface area (Å²) in [5.74, 6) is -1.15. The first-order valence-corrected chi connectivity index (χ1v) is 5.80. The molecule has 2 N–H and O–H groups in total. The molecular formula is C13H17NO2. The second-order valence-electron chi connectivity index (χ2n) is 4.28. The summed E-state index contributed by atoms with van der Waals surface area (Å²) in [6.07, 6.45) is 3.22. The van der Waals surface area contributed by atoms with E-state index in [2.05, 4.69) is 5.32 Å². The maximum atomic E-state index is 11.4. The van der Waals surface area contributed by atoms with Gasteiger partial charge >= 0.3 is 5.97 Å².